The van der Waals surface area contributed by atoms with Gasteiger partial charge in [-0.3, -0.25) is 0 Å². The third-order valence-corrected chi connectivity index (χ3v) is 2.79. The molecule has 0 nitrogen and oxygen atoms in total. The van der Waals surface area contributed by atoms with Gasteiger partial charge >= 0.3 is 6.18 Å². The first kappa shape index (κ1) is 15.3. The Morgan fingerprint density at radius 1 is 1.21 bits per heavy atom. The molecule has 0 saturated heterocycles. The first-order valence-electron chi connectivity index (χ1n) is 5.92. The molecule has 0 aliphatic heterocycles. The average Bonchev–Trinajstić information content (AvgIpc) is 2.29. The Morgan fingerprint density at radius 2 is 1.84 bits per heavy atom. The van der Waals surface area contributed by atoms with Crippen LogP contribution in [0.1, 0.15) is 30.5 Å². The van der Waals surface area contributed by atoms with Crippen molar-refractivity contribution in [3.8, 4) is 0 Å². The molecular formula is C16H17F3. The second-order valence-electron chi connectivity index (χ2n) is 4.50. The molecule has 0 N–H and O–H groups in total. The summed E-state index contributed by atoms with van der Waals surface area (Å²) in [5, 5.41) is 0. The molecule has 1 rings (SSSR count). The van der Waals surface area contributed by atoms with E-state index in [0.717, 1.165) is 11.6 Å². The fraction of sp³-hybridized carbons (Fsp3) is 0.250. The van der Waals surface area contributed by atoms with Crippen LogP contribution in [-0.4, -0.2) is 0 Å². The van der Waals surface area contributed by atoms with Crippen LogP contribution in [0.5, 0.6) is 0 Å². The summed E-state index contributed by atoms with van der Waals surface area (Å²) < 4.78 is 39.3. The van der Waals surface area contributed by atoms with Crippen LogP contribution < -0.4 is 0 Å². The van der Waals surface area contributed by atoms with Gasteiger partial charge in [-0.1, -0.05) is 42.5 Å². The van der Waals surface area contributed by atoms with Crippen LogP contribution in [-0.2, 0) is 6.18 Å². The summed E-state index contributed by atoms with van der Waals surface area (Å²) in [6.07, 6.45) is 0.507. The van der Waals surface area contributed by atoms with E-state index >= 15 is 0 Å². The highest BCUT2D eigenvalue weighted by Crippen LogP contribution is 2.37. The first-order valence-corrected chi connectivity index (χ1v) is 5.92. The van der Waals surface area contributed by atoms with E-state index in [4.69, 9.17) is 0 Å². The maximum absolute atomic E-state index is 13.1. The van der Waals surface area contributed by atoms with Crippen LogP contribution in [0.4, 0.5) is 13.2 Å². The summed E-state index contributed by atoms with van der Waals surface area (Å²) in [5.74, 6) is 0. The van der Waals surface area contributed by atoms with Gasteiger partial charge in [0.05, 0.1) is 5.56 Å². The lowest BCUT2D eigenvalue weighted by Crippen LogP contribution is -2.10. The van der Waals surface area contributed by atoms with Crippen molar-refractivity contribution in [3.05, 3.63) is 65.3 Å². The molecule has 0 unspecified atom stereocenters. The number of benzene rings is 1. The lowest BCUT2D eigenvalue weighted by molar-refractivity contribution is -0.137. The van der Waals surface area contributed by atoms with E-state index in [-0.39, 0.29) is 5.56 Å². The SMILES string of the molecule is C=C/C=C\C(=C(C)C)c1c(C)cccc1C(F)(F)F. The van der Waals surface area contributed by atoms with Crippen molar-refractivity contribution >= 4 is 5.57 Å². The Kier molecular flexibility index (Phi) is 4.76. The molecule has 0 fully saturated rings. The van der Waals surface area contributed by atoms with Crippen LogP contribution in [0, 0.1) is 6.92 Å². The van der Waals surface area contributed by atoms with Gasteiger partial charge in [-0.15, -0.1) is 0 Å². The summed E-state index contributed by atoms with van der Waals surface area (Å²) in [5.41, 5.74) is 1.67. The van der Waals surface area contributed by atoms with Crippen LogP contribution in [0.15, 0.2) is 48.6 Å². The number of halogens is 3. The molecule has 0 atom stereocenters. The molecule has 0 amide bonds. The van der Waals surface area contributed by atoms with Crippen molar-refractivity contribution in [1.82, 2.24) is 0 Å². The van der Waals surface area contributed by atoms with Gasteiger partial charge in [0.2, 0.25) is 0 Å². The van der Waals surface area contributed by atoms with Crippen molar-refractivity contribution in [2.24, 2.45) is 0 Å². The molecule has 19 heavy (non-hydrogen) atoms. The van der Waals surface area contributed by atoms with E-state index in [1.54, 1.807) is 45.1 Å². The maximum Gasteiger partial charge on any atom is 0.417 e. The van der Waals surface area contributed by atoms with Crippen molar-refractivity contribution in [2.45, 2.75) is 26.9 Å². The summed E-state index contributed by atoms with van der Waals surface area (Å²) >= 11 is 0. The van der Waals surface area contributed by atoms with E-state index in [9.17, 15) is 13.2 Å². The van der Waals surface area contributed by atoms with Gasteiger partial charge in [-0.2, -0.15) is 13.2 Å². The van der Waals surface area contributed by atoms with Gasteiger partial charge in [-0.05, 0) is 43.5 Å². The third-order valence-electron chi connectivity index (χ3n) is 2.79. The molecule has 0 heterocycles. The Labute approximate surface area is 112 Å². The summed E-state index contributed by atoms with van der Waals surface area (Å²) in [4.78, 5) is 0. The van der Waals surface area contributed by atoms with Gasteiger partial charge in [0.1, 0.15) is 0 Å². The van der Waals surface area contributed by atoms with E-state index in [2.05, 4.69) is 6.58 Å². The van der Waals surface area contributed by atoms with Gasteiger partial charge < -0.3 is 0 Å². The standard InChI is InChI=1S/C16H17F3/c1-5-6-9-13(11(2)3)15-12(4)8-7-10-14(15)16(17,18)19/h5-10H,1H2,2-4H3/b9-6-. The Hall–Kier alpha value is -1.77. The molecule has 0 aromatic heterocycles. The zero-order valence-corrected chi connectivity index (χ0v) is 11.3. The average molecular weight is 266 g/mol. The van der Waals surface area contributed by atoms with Crippen molar-refractivity contribution in [1.29, 1.82) is 0 Å². The second kappa shape index (κ2) is 5.91. The van der Waals surface area contributed by atoms with E-state index in [1.165, 1.54) is 6.07 Å². The van der Waals surface area contributed by atoms with Gasteiger partial charge in [0.25, 0.3) is 0 Å². The molecule has 1 aromatic carbocycles. The van der Waals surface area contributed by atoms with Gasteiger partial charge in [0, 0.05) is 0 Å². The smallest absolute Gasteiger partial charge is 0.166 e. The maximum atomic E-state index is 13.1. The number of rotatable bonds is 3. The summed E-state index contributed by atoms with van der Waals surface area (Å²) in [7, 11) is 0. The fourth-order valence-corrected chi connectivity index (χ4v) is 1.93. The number of allylic oxidation sites excluding steroid dienone is 5. The zero-order chi connectivity index (χ0) is 14.6. The van der Waals surface area contributed by atoms with E-state index < -0.39 is 11.7 Å². The quantitative estimate of drug-likeness (QED) is 0.629. The molecule has 0 radical (unpaired) electrons. The topological polar surface area (TPSA) is 0 Å². The molecule has 3 heteroatoms. The first-order chi connectivity index (χ1) is 8.79. The monoisotopic (exact) mass is 266 g/mol. The summed E-state index contributed by atoms with van der Waals surface area (Å²) in [6, 6.07) is 4.24. The van der Waals surface area contributed by atoms with Crippen LogP contribution in [0.2, 0.25) is 0 Å². The zero-order valence-electron chi connectivity index (χ0n) is 11.3. The van der Waals surface area contributed by atoms with Gasteiger partial charge in [0.15, 0.2) is 0 Å². The molecule has 0 saturated carbocycles. The fourth-order valence-electron chi connectivity index (χ4n) is 1.93. The minimum Gasteiger partial charge on any atom is -0.166 e. The third kappa shape index (κ3) is 3.60. The normalized spacial score (nSPS) is 11.7. The van der Waals surface area contributed by atoms with Crippen molar-refractivity contribution in [2.75, 3.05) is 0 Å². The van der Waals surface area contributed by atoms with Crippen LogP contribution in [0.25, 0.3) is 5.57 Å². The van der Waals surface area contributed by atoms with Crippen LogP contribution >= 0.6 is 0 Å². The number of hydrogen-bond acceptors (Lipinski definition) is 0. The lowest BCUT2D eigenvalue weighted by atomic mass is 9.91. The number of aryl methyl sites for hydroxylation is 1. The predicted molar refractivity (Wildman–Crippen MR) is 73.8 cm³/mol. The Balaban J connectivity index is 3.60. The van der Waals surface area contributed by atoms with Crippen molar-refractivity contribution < 1.29 is 13.2 Å². The minimum atomic E-state index is -4.36. The van der Waals surface area contributed by atoms with E-state index in [1.807, 2.05) is 0 Å². The van der Waals surface area contributed by atoms with Gasteiger partial charge in [-0.25, -0.2) is 0 Å². The molecule has 0 bridgehead atoms. The Bertz CT molecular complexity index is 527. The molecule has 0 aliphatic carbocycles. The predicted octanol–water partition coefficient (Wildman–Crippen LogP) is 5.55. The molecule has 0 aliphatic rings. The van der Waals surface area contributed by atoms with E-state index in [0.29, 0.717) is 11.1 Å². The highest BCUT2D eigenvalue weighted by atomic mass is 19.4. The molecule has 1 aromatic rings. The molecular weight excluding hydrogens is 249 g/mol. The lowest BCUT2D eigenvalue weighted by Gasteiger charge is -2.17. The second-order valence-corrected chi connectivity index (χ2v) is 4.50. The largest absolute Gasteiger partial charge is 0.417 e. The highest BCUT2D eigenvalue weighted by Gasteiger charge is 2.34. The van der Waals surface area contributed by atoms with Crippen LogP contribution in [0.3, 0.4) is 0 Å². The minimum absolute atomic E-state index is 0.244. The van der Waals surface area contributed by atoms with Crippen molar-refractivity contribution in [3.63, 3.8) is 0 Å². The number of hydrogen-bond donors (Lipinski definition) is 0. The number of alkyl halides is 3. The Morgan fingerprint density at radius 3 is 2.32 bits per heavy atom. The molecule has 0 spiro atoms. The molecule has 102 valence electrons. The summed E-state index contributed by atoms with van der Waals surface area (Å²) in [6.45, 7) is 8.84. The highest BCUT2D eigenvalue weighted by molar-refractivity contribution is 5.80.